The van der Waals surface area contributed by atoms with Gasteiger partial charge in [0.15, 0.2) is 0 Å². The minimum absolute atomic E-state index is 0.0103. The summed E-state index contributed by atoms with van der Waals surface area (Å²) < 4.78 is 10.3. The molecular weight excluding hydrogens is 276 g/mol. The van der Waals surface area contributed by atoms with E-state index in [-0.39, 0.29) is 24.6 Å². The molecule has 0 aliphatic rings. The number of esters is 1. The molecule has 0 aliphatic heterocycles. The minimum Gasteiger partial charge on any atom is -0.490 e. The number of carbonyl (C=O) groups excluding carboxylic acids is 1. The van der Waals surface area contributed by atoms with Gasteiger partial charge in [-0.3, -0.25) is 10.1 Å². The lowest BCUT2D eigenvalue weighted by molar-refractivity contribution is -0.384. The quantitative estimate of drug-likeness (QED) is 0.350. The standard InChI is InChI=1S/C14H12N2O5/c17-14(13-3-1-2-8-15-13)21-10-9-20-12-6-4-11(5-7-12)16(18)19/h1-8H,9-10H2. The van der Waals surface area contributed by atoms with Crippen LogP contribution >= 0.6 is 0 Å². The van der Waals surface area contributed by atoms with Gasteiger partial charge in [0.2, 0.25) is 0 Å². The fraction of sp³-hybridized carbons (Fsp3) is 0.143. The van der Waals surface area contributed by atoms with Crippen molar-refractivity contribution in [1.82, 2.24) is 4.98 Å². The topological polar surface area (TPSA) is 91.6 Å². The first-order valence-corrected chi connectivity index (χ1v) is 6.12. The number of hydrogen-bond acceptors (Lipinski definition) is 6. The molecule has 1 heterocycles. The van der Waals surface area contributed by atoms with Crippen LogP contribution in [0.3, 0.4) is 0 Å². The van der Waals surface area contributed by atoms with Gasteiger partial charge in [0.1, 0.15) is 24.7 Å². The van der Waals surface area contributed by atoms with E-state index in [0.717, 1.165) is 0 Å². The van der Waals surface area contributed by atoms with E-state index in [1.54, 1.807) is 18.2 Å². The molecular formula is C14H12N2O5. The van der Waals surface area contributed by atoms with Gasteiger partial charge in [0.05, 0.1) is 4.92 Å². The molecule has 0 unspecified atom stereocenters. The maximum Gasteiger partial charge on any atom is 0.357 e. The summed E-state index contributed by atoms with van der Waals surface area (Å²) in [7, 11) is 0. The van der Waals surface area contributed by atoms with Crippen molar-refractivity contribution in [2.75, 3.05) is 13.2 Å². The van der Waals surface area contributed by atoms with Gasteiger partial charge in [-0.15, -0.1) is 0 Å². The normalized spacial score (nSPS) is 9.90. The number of hydrogen-bond donors (Lipinski definition) is 0. The van der Waals surface area contributed by atoms with Gasteiger partial charge in [0, 0.05) is 18.3 Å². The van der Waals surface area contributed by atoms with Crippen molar-refractivity contribution in [3.63, 3.8) is 0 Å². The maximum atomic E-state index is 11.6. The number of nitro groups is 1. The van der Waals surface area contributed by atoms with Gasteiger partial charge in [0.25, 0.3) is 5.69 Å². The predicted molar refractivity (Wildman–Crippen MR) is 73.1 cm³/mol. The average molecular weight is 288 g/mol. The van der Waals surface area contributed by atoms with Crippen LogP contribution in [0, 0.1) is 10.1 Å². The highest BCUT2D eigenvalue weighted by atomic mass is 16.6. The van der Waals surface area contributed by atoms with Gasteiger partial charge in [-0.05, 0) is 24.3 Å². The van der Waals surface area contributed by atoms with Gasteiger partial charge >= 0.3 is 5.97 Å². The zero-order chi connectivity index (χ0) is 15.1. The van der Waals surface area contributed by atoms with Crippen LogP contribution in [0.2, 0.25) is 0 Å². The fourth-order valence-corrected chi connectivity index (χ4v) is 1.52. The summed E-state index contributed by atoms with van der Waals surface area (Å²) in [5.41, 5.74) is 0.219. The highest BCUT2D eigenvalue weighted by Gasteiger charge is 2.08. The van der Waals surface area contributed by atoms with Crippen LogP contribution in [-0.4, -0.2) is 29.1 Å². The fourth-order valence-electron chi connectivity index (χ4n) is 1.52. The van der Waals surface area contributed by atoms with E-state index < -0.39 is 10.9 Å². The Labute approximate surface area is 120 Å². The summed E-state index contributed by atoms with van der Waals surface area (Å²) in [6.45, 7) is 0.211. The van der Waals surface area contributed by atoms with Crippen LogP contribution in [0.15, 0.2) is 48.7 Å². The van der Waals surface area contributed by atoms with Crippen LogP contribution in [-0.2, 0) is 4.74 Å². The molecule has 108 valence electrons. The Kier molecular flexibility index (Phi) is 4.81. The number of benzene rings is 1. The molecule has 0 saturated carbocycles. The van der Waals surface area contributed by atoms with E-state index in [0.29, 0.717) is 5.75 Å². The van der Waals surface area contributed by atoms with E-state index in [1.165, 1.54) is 30.5 Å². The molecule has 2 rings (SSSR count). The molecule has 2 aromatic rings. The second-order valence-corrected chi connectivity index (χ2v) is 3.95. The Morgan fingerprint density at radius 1 is 1.14 bits per heavy atom. The van der Waals surface area contributed by atoms with Crippen molar-refractivity contribution in [1.29, 1.82) is 0 Å². The van der Waals surface area contributed by atoms with Crippen LogP contribution in [0.25, 0.3) is 0 Å². The molecule has 7 nitrogen and oxygen atoms in total. The second-order valence-electron chi connectivity index (χ2n) is 3.95. The Morgan fingerprint density at radius 2 is 1.90 bits per heavy atom. The number of carbonyl (C=O) groups is 1. The van der Waals surface area contributed by atoms with Crippen molar-refractivity contribution in [3.8, 4) is 5.75 Å². The van der Waals surface area contributed by atoms with Crippen LogP contribution < -0.4 is 4.74 Å². The van der Waals surface area contributed by atoms with Gasteiger partial charge in [-0.2, -0.15) is 0 Å². The first-order valence-electron chi connectivity index (χ1n) is 6.12. The van der Waals surface area contributed by atoms with Crippen LogP contribution in [0.4, 0.5) is 5.69 Å². The summed E-state index contributed by atoms with van der Waals surface area (Å²) in [6, 6.07) is 10.6. The molecule has 0 amide bonds. The van der Waals surface area contributed by atoms with Crippen molar-refractivity contribution in [3.05, 3.63) is 64.5 Å². The highest BCUT2D eigenvalue weighted by Crippen LogP contribution is 2.17. The largest absolute Gasteiger partial charge is 0.490 e. The molecule has 1 aromatic heterocycles. The smallest absolute Gasteiger partial charge is 0.357 e. The SMILES string of the molecule is O=C(OCCOc1ccc([N+](=O)[O-])cc1)c1ccccn1. The van der Waals surface area contributed by atoms with E-state index in [9.17, 15) is 14.9 Å². The van der Waals surface area contributed by atoms with Gasteiger partial charge in [-0.25, -0.2) is 9.78 Å². The number of nitrogens with zero attached hydrogens (tertiary/aromatic N) is 2. The maximum absolute atomic E-state index is 11.6. The first-order chi connectivity index (χ1) is 10.2. The first kappa shape index (κ1) is 14.4. The van der Waals surface area contributed by atoms with Crippen LogP contribution in [0.5, 0.6) is 5.75 Å². The zero-order valence-electron chi connectivity index (χ0n) is 11.0. The van der Waals surface area contributed by atoms with Crippen molar-refractivity contribution >= 4 is 11.7 Å². The summed E-state index contributed by atoms with van der Waals surface area (Å²) in [5.74, 6) is -0.0580. The van der Waals surface area contributed by atoms with E-state index in [1.807, 2.05) is 0 Å². The van der Waals surface area contributed by atoms with Gasteiger partial charge < -0.3 is 9.47 Å². The average Bonchev–Trinajstić information content (AvgIpc) is 2.52. The zero-order valence-corrected chi connectivity index (χ0v) is 11.0. The van der Waals surface area contributed by atoms with Crippen molar-refractivity contribution in [2.24, 2.45) is 0 Å². The Hall–Kier alpha value is -2.96. The Balaban J connectivity index is 1.75. The molecule has 0 radical (unpaired) electrons. The Bertz CT molecular complexity index is 613. The molecule has 0 bridgehead atoms. The molecule has 0 saturated heterocycles. The molecule has 0 atom stereocenters. The number of ether oxygens (including phenoxy) is 2. The van der Waals surface area contributed by atoms with Crippen molar-refractivity contribution < 1.29 is 19.2 Å². The minimum atomic E-state index is -0.525. The van der Waals surface area contributed by atoms with Gasteiger partial charge in [-0.1, -0.05) is 6.07 Å². The number of aromatic nitrogens is 1. The lowest BCUT2D eigenvalue weighted by atomic mass is 10.3. The van der Waals surface area contributed by atoms with Crippen LogP contribution in [0.1, 0.15) is 10.5 Å². The number of pyridine rings is 1. The lowest BCUT2D eigenvalue weighted by Crippen LogP contribution is -2.13. The third kappa shape index (κ3) is 4.27. The number of rotatable bonds is 6. The number of nitro benzene ring substituents is 1. The molecule has 7 heteroatoms. The summed E-state index contributed by atoms with van der Waals surface area (Å²) in [5, 5.41) is 10.5. The van der Waals surface area contributed by atoms with E-state index >= 15 is 0 Å². The molecule has 0 aliphatic carbocycles. The van der Waals surface area contributed by atoms with E-state index in [2.05, 4.69) is 4.98 Å². The molecule has 21 heavy (non-hydrogen) atoms. The van der Waals surface area contributed by atoms with E-state index in [4.69, 9.17) is 9.47 Å². The lowest BCUT2D eigenvalue weighted by Gasteiger charge is -2.06. The third-order valence-corrected chi connectivity index (χ3v) is 2.51. The monoisotopic (exact) mass is 288 g/mol. The molecule has 0 spiro atoms. The molecule has 0 fully saturated rings. The summed E-state index contributed by atoms with van der Waals surface area (Å²) in [4.78, 5) is 25.4. The van der Waals surface area contributed by atoms with Crippen molar-refractivity contribution in [2.45, 2.75) is 0 Å². The highest BCUT2D eigenvalue weighted by molar-refractivity contribution is 5.87. The predicted octanol–water partition coefficient (Wildman–Crippen LogP) is 2.23. The number of non-ortho nitro benzene ring substituents is 1. The Morgan fingerprint density at radius 3 is 2.52 bits per heavy atom. The second kappa shape index (κ2) is 6.99. The molecule has 1 aromatic carbocycles. The third-order valence-electron chi connectivity index (χ3n) is 2.51. The summed E-state index contributed by atoms with van der Waals surface area (Å²) in [6.07, 6.45) is 1.50. The molecule has 0 N–H and O–H groups in total. The summed E-state index contributed by atoms with van der Waals surface area (Å²) >= 11 is 0.